The van der Waals surface area contributed by atoms with Gasteiger partial charge in [0.15, 0.2) is 5.75 Å². The molecule has 1 aromatic carbocycles. The lowest BCUT2D eigenvalue weighted by Gasteiger charge is -2.17. The van der Waals surface area contributed by atoms with Gasteiger partial charge in [-0.2, -0.15) is 12.7 Å². The zero-order valence-corrected chi connectivity index (χ0v) is 12.3. The zero-order chi connectivity index (χ0) is 16.2. The summed E-state index contributed by atoms with van der Waals surface area (Å²) in [5, 5.41) is 20.5. The van der Waals surface area contributed by atoms with E-state index in [2.05, 4.69) is 0 Å². The van der Waals surface area contributed by atoms with Crippen LogP contribution < -0.4 is 4.74 Å². The lowest BCUT2D eigenvalue weighted by Crippen LogP contribution is -2.36. The Balaban J connectivity index is 2.69. The Morgan fingerprint density at radius 3 is 2.62 bits per heavy atom. The molecule has 1 rings (SSSR count). The molecule has 0 aliphatic rings. The molecule has 0 aliphatic carbocycles. The number of hydrogen-bond donors (Lipinski definition) is 2. The molecule has 1 unspecified atom stereocenters. The molecule has 0 spiro atoms. The Bertz CT molecular complexity index is 617. The Kier molecular flexibility index (Phi) is 5.61. The number of nitrogens with zero attached hydrogens (tertiary/aromatic N) is 2. The molecule has 9 nitrogen and oxygen atoms in total. The van der Waals surface area contributed by atoms with Crippen molar-refractivity contribution in [3.63, 3.8) is 0 Å². The van der Waals surface area contributed by atoms with Crippen LogP contribution in [0.1, 0.15) is 5.56 Å². The van der Waals surface area contributed by atoms with Crippen molar-refractivity contribution in [1.29, 1.82) is 0 Å². The predicted molar refractivity (Wildman–Crippen MR) is 73.5 cm³/mol. The largest absolute Gasteiger partial charge is 0.484 e. The average Bonchev–Trinajstić information content (AvgIpc) is 2.35. The van der Waals surface area contributed by atoms with E-state index in [1.54, 1.807) is 13.0 Å². The molecule has 1 aromatic rings. The maximum atomic E-state index is 10.9. The number of aliphatic hydroxyl groups excluding tert-OH is 1. The fraction of sp³-hybridized carbons (Fsp3) is 0.455. The molecular weight excluding hydrogens is 304 g/mol. The second-order valence-electron chi connectivity index (χ2n) is 4.45. The standard InChI is InChI=1S/C11H16N2O7S/c1-8-3-4-11(10(5-8)13(15)16)20-7-9(14)6-12(2)21(17,18)19/h3-5,9,14H,6-7H2,1-2H3,(H,17,18,19). The van der Waals surface area contributed by atoms with E-state index >= 15 is 0 Å². The second-order valence-corrected chi connectivity index (χ2v) is 5.97. The summed E-state index contributed by atoms with van der Waals surface area (Å²) in [4.78, 5) is 10.3. The molecule has 118 valence electrons. The van der Waals surface area contributed by atoms with Gasteiger partial charge in [-0.25, -0.2) is 0 Å². The zero-order valence-electron chi connectivity index (χ0n) is 11.5. The van der Waals surface area contributed by atoms with Crippen molar-refractivity contribution in [2.75, 3.05) is 20.2 Å². The van der Waals surface area contributed by atoms with Crippen LogP contribution >= 0.6 is 0 Å². The van der Waals surface area contributed by atoms with Gasteiger partial charge in [0.25, 0.3) is 0 Å². The molecule has 0 aliphatic heterocycles. The first-order valence-corrected chi connectivity index (χ1v) is 7.25. The third kappa shape index (κ3) is 5.27. The lowest BCUT2D eigenvalue weighted by atomic mass is 10.2. The van der Waals surface area contributed by atoms with Gasteiger partial charge in [-0.3, -0.25) is 14.7 Å². The fourth-order valence-corrected chi connectivity index (χ4v) is 1.88. The first-order chi connectivity index (χ1) is 9.61. The van der Waals surface area contributed by atoms with E-state index in [-0.39, 0.29) is 18.0 Å². The number of nitro benzene ring substituents is 1. The summed E-state index contributed by atoms with van der Waals surface area (Å²) in [5.41, 5.74) is 0.436. The van der Waals surface area contributed by atoms with Crippen molar-refractivity contribution < 1.29 is 27.7 Å². The summed E-state index contributed by atoms with van der Waals surface area (Å²) in [6.45, 7) is 0.926. The van der Waals surface area contributed by atoms with Gasteiger partial charge < -0.3 is 9.84 Å². The van der Waals surface area contributed by atoms with Crippen molar-refractivity contribution in [2.24, 2.45) is 0 Å². The Morgan fingerprint density at radius 1 is 1.48 bits per heavy atom. The van der Waals surface area contributed by atoms with E-state index in [9.17, 15) is 23.6 Å². The van der Waals surface area contributed by atoms with Crippen molar-refractivity contribution in [2.45, 2.75) is 13.0 Å². The molecule has 0 amide bonds. The Labute approximate surface area is 121 Å². The van der Waals surface area contributed by atoms with Crippen LogP contribution in [0.5, 0.6) is 5.75 Å². The van der Waals surface area contributed by atoms with Crippen LogP contribution in [0.2, 0.25) is 0 Å². The van der Waals surface area contributed by atoms with Crippen LogP contribution in [0.4, 0.5) is 5.69 Å². The minimum Gasteiger partial charge on any atom is -0.484 e. The SMILES string of the molecule is Cc1ccc(OCC(O)CN(C)S(=O)(=O)O)c([N+](=O)[O-])c1. The summed E-state index contributed by atoms with van der Waals surface area (Å²) in [5.74, 6) is -0.0286. The molecular formula is C11H16N2O7S. The van der Waals surface area contributed by atoms with E-state index in [0.29, 0.717) is 9.87 Å². The first-order valence-electron chi connectivity index (χ1n) is 5.86. The predicted octanol–water partition coefficient (Wildman–Crippen LogP) is 0.378. The topological polar surface area (TPSA) is 130 Å². The summed E-state index contributed by atoms with van der Waals surface area (Å²) in [6, 6.07) is 4.33. The van der Waals surface area contributed by atoms with E-state index in [1.165, 1.54) is 12.1 Å². The highest BCUT2D eigenvalue weighted by atomic mass is 32.2. The van der Waals surface area contributed by atoms with Gasteiger partial charge in [0, 0.05) is 19.7 Å². The third-order valence-electron chi connectivity index (χ3n) is 2.60. The number of nitro groups is 1. The molecule has 0 radical (unpaired) electrons. The van der Waals surface area contributed by atoms with Gasteiger partial charge in [0.05, 0.1) is 4.92 Å². The smallest absolute Gasteiger partial charge is 0.335 e. The van der Waals surface area contributed by atoms with Crippen molar-refractivity contribution in [1.82, 2.24) is 4.31 Å². The summed E-state index contributed by atoms with van der Waals surface area (Å²) >= 11 is 0. The maximum absolute atomic E-state index is 10.9. The molecule has 0 saturated heterocycles. The lowest BCUT2D eigenvalue weighted by molar-refractivity contribution is -0.386. The van der Waals surface area contributed by atoms with E-state index in [0.717, 1.165) is 7.05 Å². The quantitative estimate of drug-likeness (QED) is 0.422. The van der Waals surface area contributed by atoms with E-state index in [1.807, 2.05) is 0 Å². The molecule has 0 heterocycles. The Morgan fingerprint density at radius 2 is 2.10 bits per heavy atom. The molecule has 1 atom stereocenters. The normalized spacial score (nSPS) is 13.2. The number of aliphatic hydroxyl groups is 1. The number of likely N-dealkylation sites (N-methyl/N-ethyl adjacent to an activating group) is 1. The van der Waals surface area contributed by atoms with Crippen molar-refractivity contribution in [3.05, 3.63) is 33.9 Å². The first kappa shape index (κ1) is 17.3. The van der Waals surface area contributed by atoms with Gasteiger partial charge in [-0.1, -0.05) is 6.07 Å². The second kappa shape index (κ2) is 6.80. The van der Waals surface area contributed by atoms with Gasteiger partial charge in [-0.05, 0) is 18.6 Å². The molecule has 21 heavy (non-hydrogen) atoms. The van der Waals surface area contributed by atoms with Gasteiger partial charge in [-0.15, -0.1) is 0 Å². The fourth-order valence-electron chi connectivity index (χ4n) is 1.52. The molecule has 2 N–H and O–H groups in total. The molecule has 0 aromatic heterocycles. The molecule has 0 bridgehead atoms. The highest BCUT2D eigenvalue weighted by molar-refractivity contribution is 7.83. The van der Waals surface area contributed by atoms with Crippen LogP contribution in [-0.4, -0.2) is 53.6 Å². The number of ether oxygens (including phenoxy) is 1. The monoisotopic (exact) mass is 320 g/mol. The maximum Gasteiger partial charge on any atom is 0.335 e. The minimum absolute atomic E-state index is 0.0286. The van der Waals surface area contributed by atoms with Crippen LogP contribution in [0.25, 0.3) is 0 Å². The number of rotatable bonds is 7. The summed E-state index contributed by atoms with van der Waals surface area (Å²) in [6.07, 6.45) is -1.25. The summed E-state index contributed by atoms with van der Waals surface area (Å²) in [7, 11) is -3.32. The van der Waals surface area contributed by atoms with Gasteiger partial charge in [0.1, 0.15) is 12.7 Å². The Hall–Kier alpha value is -1.75. The third-order valence-corrected chi connectivity index (χ3v) is 3.54. The number of hydrogen-bond acceptors (Lipinski definition) is 6. The average molecular weight is 320 g/mol. The highest BCUT2D eigenvalue weighted by Crippen LogP contribution is 2.27. The molecule has 0 fully saturated rings. The minimum atomic E-state index is -4.40. The van der Waals surface area contributed by atoms with Gasteiger partial charge >= 0.3 is 16.0 Å². The highest BCUT2D eigenvalue weighted by Gasteiger charge is 2.20. The van der Waals surface area contributed by atoms with Crippen LogP contribution in [0, 0.1) is 17.0 Å². The van der Waals surface area contributed by atoms with Crippen LogP contribution in [0.15, 0.2) is 18.2 Å². The van der Waals surface area contributed by atoms with Crippen LogP contribution in [-0.2, 0) is 10.3 Å². The van der Waals surface area contributed by atoms with E-state index < -0.39 is 27.9 Å². The summed E-state index contributed by atoms with van der Waals surface area (Å²) < 4.78 is 35.9. The number of benzene rings is 1. The molecule has 10 heteroatoms. The molecule has 0 saturated carbocycles. The van der Waals surface area contributed by atoms with Crippen molar-refractivity contribution in [3.8, 4) is 5.75 Å². The van der Waals surface area contributed by atoms with Crippen LogP contribution in [0.3, 0.4) is 0 Å². The van der Waals surface area contributed by atoms with E-state index in [4.69, 9.17) is 9.29 Å². The number of aryl methyl sites for hydroxylation is 1. The van der Waals surface area contributed by atoms with Crippen molar-refractivity contribution >= 4 is 16.0 Å². The van der Waals surface area contributed by atoms with Gasteiger partial charge in [0.2, 0.25) is 0 Å².